The Labute approximate surface area is 164 Å². The molecule has 2 rings (SSSR count). The van der Waals surface area contributed by atoms with E-state index in [1.54, 1.807) is 0 Å². The lowest BCUT2D eigenvalue weighted by Gasteiger charge is -2.35. The van der Waals surface area contributed by atoms with Gasteiger partial charge in [-0.05, 0) is 6.92 Å². The molecule has 0 spiro atoms. The predicted molar refractivity (Wildman–Crippen MR) is 96.1 cm³/mol. The zero-order chi connectivity index (χ0) is 21.6. The Morgan fingerprint density at radius 3 is 2.18 bits per heavy atom. The fraction of sp³-hybridized carbons (Fsp3) is 0.737. The van der Waals surface area contributed by atoms with Gasteiger partial charge in [0.15, 0.2) is 18.7 Å². The highest BCUT2D eigenvalue weighted by Gasteiger charge is 2.46. The van der Waals surface area contributed by atoms with Crippen molar-refractivity contribution in [3.8, 4) is 24.7 Å². The molecule has 3 unspecified atom stereocenters. The van der Waals surface area contributed by atoms with Crippen LogP contribution in [-0.2, 0) is 23.7 Å². The smallest absolute Gasteiger partial charge is 0.303 e. The Hall–Kier alpha value is -1.69. The van der Waals surface area contributed by atoms with Gasteiger partial charge in [0.05, 0.1) is 6.10 Å². The minimum absolute atomic E-state index is 0.0277. The average Bonchev–Trinajstić information content (AvgIpc) is 2.98. The fourth-order valence-electron chi connectivity index (χ4n) is 3.00. The summed E-state index contributed by atoms with van der Waals surface area (Å²) in [5.41, 5.74) is 0. The van der Waals surface area contributed by atoms with Crippen LogP contribution < -0.4 is 0 Å². The van der Waals surface area contributed by atoms with E-state index in [4.69, 9.17) is 47.5 Å². The Morgan fingerprint density at radius 1 is 1.11 bits per heavy atom. The third kappa shape index (κ3) is 5.66. The molecule has 0 aromatic heterocycles. The Balaban J connectivity index is 0.000000292. The number of methoxy groups -OCH3 is 1. The van der Waals surface area contributed by atoms with Crippen LogP contribution >= 0.6 is 0 Å². The van der Waals surface area contributed by atoms with Crippen LogP contribution in [0.25, 0.3) is 0 Å². The van der Waals surface area contributed by atoms with Crippen molar-refractivity contribution in [2.75, 3.05) is 7.11 Å². The molecule has 9 nitrogen and oxygen atoms in total. The van der Waals surface area contributed by atoms with E-state index >= 15 is 0 Å². The molecule has 0 aliphatic carbocycles. The van der Waals surface area contributed by atoms with E-state index in [0.717, 1.165) is 0 Å². The second kappa shape index (κ2) is 10.7. The van der Waals surface area contributed by atoms with E-state index < -0.39 is 37.0 Å². The van der Waals surface area contributed by atoms with Gasteiger partial charge in [-0.3, -0.25) is 4.79 Å². The first kappa shape index (κ1) is 24.3. The molecule has 2 fully saturated rings. The summed E-state index contributed by atoms with van der Waals surface area (Å²) in [6.45, 7) is 5.23. The molecule has 10 atom stereocenters. The summed E-state index contributed by atoms with van der Waals surface area (Å²) < 4.78 is 20.6. The molecular formula is C19H28O9. The molecule has 0 radical (unpaired) electrons. The summed E-state index contributed by atoms with van der Waals surface area (Å²) in [4.78, 5) is 11.0. The average molecular weight is 400 g/mol. The maximum Gasteiger partial charge on any atom is 0.303 e. The Kier molecular flexibility index (Phi) is 9.34. The van der Waals surface area contributed by atoms with Crippen LogP contribution in [-0.4, -0.2) is 82.7 Å². The monoisotopic (exact) mass is 400 g/mol. The number of rotatable bonds is 3. The number of ether oxygens (including phenoxy) is 4. The largest absolute Gasteiger partial charge is 0.457 e. The van der Waals surface area contributed by atoms with E-state index in [9.17, 15) is 4.79 Å². The number of carbonyl (C=O) groups excluding carboxylic acids is 1. The first-order chi connectivity index (χ1) is 13.1. The summed E-state index contributed by atoms with van der Waals surface area (Å²) in [5.74, 6) is 4.32. The molecule has 2 aliphatic heterocycles. The van der Waals surface area contributed by atoms with Crippen LogP contribution in [0.5, 0.6) is 0 Å². The molecular weight excluding hydrogens is 372 g/mol. The number of hydrogen-bond acceptors (Lipinski definition) is 9. The van der Waals surface area contributed by atoms with Crippen molar-refractivity contribution in [1.29, 1.82) is 0 Å². The first-order valence-corrected chi connectivity index (χ1v) is 8.74. The highest BCUT2D eigenvalue weighted by atomic mass is 16.7. The summed E-state index contributed by atoms with van der Waals surface area (Å²) >= 11 is 0. The van der Waals surface area contributed by atoms with Crippen molar-refractivity contribution < 1.29 is 44.2 Å². The van der Waals surface area contributed by atoms with Crippen LogP contribution in [0.4, 0.5) is 0 Å². The van der Waals surface area contributed by atoms with Crippen molar-refractivity contribution >= 4 is 5.97 Å². The lowest BCUT2D eigenvalue weighted by Crippen LogP contribution is -2.56. The van der Waals surface area contributed by atoms with Crippen LogP contribution in [0.3, 0.4) is 0 Å². The van der Waals surface area contributed by atoms with Gasteiger partial charge >= 0.3 is 5.97 Å². The SMILES string of the molecule is C#C[C@@H]1OC(O)[C@@H](O)[C@H](O)[C@@H]1O.C#C[C@H](C)C1OC(OC)[C@@H](OC(C)=O)[C@@H]1C. The molecule has 0 saturated carbocycles. The summed E-state index contributed by atoms with van der Waals surface area (Å²) in [5, 5.41) is 36.1. The molecule has 2 aliphatic rings. The van der Waals surface area contributed by atoms with Gasteiger partial charge in [0.2, 0.25) is 0 Å². The minimum Gasteiger partial charge on any atom is -0.457 e. The minimum atomic E-state index is -1.55. The van der Waals surface area contributed by atoms with Gasteiger partial charge in [0.25, 0.3) is 0 Å². The zero-order valence-electron chi connectivity index (χ0n) is 16.3. The molecule has 28 heavy (non-hydrogen) atoms. The standard InChI is InChI=1S/C12H18O4.C7H10O5/c1-6-7(2)10-8(3)11(15-9(4)13)12(14-5)16-10;1-2-3-4(8)5(9)6(10)7(11)12-3/h1,7-8,10-12H,2-5H3;1,3-11H/t7-,8+,10?,11-,12?;3-,4+,5+,6-,7?/m00/s1. The maximum absolute atomic E-state index is 11.0. The van der Waals surface area contributed by atoms with E-state index in [1.165, 1.54) is 14.0 Å². The molecule has 0 bridgehead atoms. The number of carbonyl (C=O) groups is 1. The van der Waals surface area contributed by atoms with Crippen LogP contribution in [0, 0.1) is 36.5 Å². The summed E-state index contributed by atoms with van der Waals surface area (Å²) in [6, 6.07) is 0. The zero-order valence-corrected chi connectivity index (χ0v) is 16.3. The normalized spacial score (nSPS) is 41.0. The van der Waals surface area contributed by atoms with Crippen molar-refractivity contribution in [2.45, 2.75) is 70.0 Å². The lowest BCUT2D eigenvalue weighted by atomic mass is 9.92. The van der Waals surface area contributed by atoms with Gasteiger partial charge < -0.3 is 39.4 Å². The second-order valence-electron chi connectivity index (χ2n) is 6.68. The van der Waals surface area contributed by atoms with Crippen LogP contribution in [0.1, 0.15) is 20.8 Å². The van der Waals surface area contributed by atoms with Crippen molar-refractivity contribution in [2.24, 2.45) is 11.8 Å². The topological polar surface area (TPSA) is 135 Å². The summed E-state index contributed by atoms with van der Waals surface area (Å²) in [6.07, 6.45) is 2.24. The van der Waals surface area contributed by atoms with E-state index in [-0.39, 0.29) is 30.0 Å². The van der Waals surface area contributed by atoms with Gasteiger partial charge in [-0.15, -0.1) is 18.8 Å². The molecule has 0 amide bonds. The highest BCUT2D eigenvalue weighted by Crippen LogP contribution is 2.33. The van der Waals surface area contributed by atoms with Crippen LogP contribution in [0.15, 0.2) is 0 Å². The Morgan fingerprint density at radius 2 is 1.71 bits per heavy atom. The maximum atomic E-state index is 11.0. The fourth-order valence-corrected chi connectivity index (χ4v) is 3.00. The highest BCUT2D eigenvalue weighted by molar-refractivity contribution is 5.66. The number of hydrogen-bond donors (Lipinski definition) is 4. The van der Waals surface area contributed by atoms with E-state index in [2.05, 4.69) is 10.7 Å². The van der Waals surface area contributed by atoms with Gasteiger partial charge in [0.1, 0.15) is 24.4 Å². The van der Waals surface area contributed by atoms with E-state index in [0.29, 0.717) is 0 Å². The van der Waals surface area contributed by atoms with Crippen molar-refractivity contribution in [1.82, 2.24) is 0 Å². The van der Waals surface area contributed by atoms with Gasteiger partial charge in [0, 0.05) is 25.9 Å². The molecule has 9 heteroatoms. The quantitative estimate of drug-likeness (QED) is 0.334. The number of esters is 1. The number of aliphatic hydroxyl groups excluding tert-OH is 4. The number of aliphatic hydroxyl groups is 4. The van der Waals surface area contributed by atoms with Crippen LogP contribution in [0.2, 0.25) is 0 Å². The first-order valence-electron chi connectivity index (χ1n) is 8.74. The third-order valence-electron chi connectivity index (χ3n) is 4.64. The summed E-state index contributed by atoms with van der Waals surface area (Å²) in [7, 11) is 1.52. The number of terminal acetylenes is 2. The lowest BCUT2D eigenvalue weighted by molar-refractivity contribution is -0.269. The second-order valence-corrected chi connectivity index (χ2v) is 6.68. The van der Waals surface area contributed by atoms with E-state index in [1.807, 2.05) is 19.8 Å². The van der Waals surface area contributed by atoms with Gasteiger partial charge in [-0.1, -0.05) is 12.8 Å². The molecule has 2 heterocycles. The van der Waals surface area contributed by atoms with Crippen molar-refractivity contribution in [3.05, 3.63) is 0 Å². The Bertz CT molecular complexity index is 595. The molecule has 2 saturated heterocycles. The van der Waals surface area contributed by atoms with Crippen molar-refractivity contribution in [3.63, 3.8) is 0 Å². The van der Waals surface area contributed by atoms with Gasteiger partial charge in [-0.25, -0.2) is 0 Å². The third-order valence-corrected chi connectivity index (χ3v) is 4.64. The molecule has 4 N–H and O–H groups in total. The molecule has 0 aromatic carbocycles. The molecule has 0 aromatic rings. The predicted octanol–water partition coefficient (Wildman–Crippen LogP) is -1.39. The van der Waals surface area contributed by atoms with Gasteiger partial charge in [-0.2, -0.15) is 0 Å². The molecule has 158 valence electrons.